The van der Waals surface area contributed by atoms with E-state index in [0.29, 0.717) is 11.3 Å². The lowest BCUT2D eigenvalue weighted by molar-refractivity contribution is 0.413. The molecule has 1 aliphatic carbocycles. The van der Waals surface area contributed by atoms with Crippen LogP contribution in [0.25, 0.3) is 0 Å². The number of aliphatic imine (C=N–C) groups is 1. The third-order valence-electron chi connectivity index (χ3n) is 4.14. The van der Waals surface area contributed by atoms with Crippen LogP contribution < -0.4 is 10.6 Å². The van der Waals surface area contributed by atoms with Crippen LogP contribution >= 0.6 is 51.2 Å². The first kappa shape index (κ1) is 22.4. The molecule has 3 unspecified atom stereocenters. The highest BCUT2D eigenvalue weighted by Gasteiger charge is 2.25. The third-order valence-corrected chi connectivity index (χ3v) is 7.56. The molecule has 4 nitrogen and oxygen atoms in total. The van der Waals surface area contributed by atoms with Crippen molar-refractivity contribution in [2.75, 3.05) is 19.3 Å². The largest absolute Gasteiger partial charge is 0.356 e. The number of rotatable bonds is 6. The minimum absolute atomic E-state index is 0. The SMILES string of the molecule is CCS(=O)C1CCCC(NC(=NC)NCCc2ccc(Br)s2)C1.I. The molecule has 1 fully saturated rings. The van der Waals surface area contributed by atoms with Gasteiger partial charge in [0.2, 0.25) is 0 Å². The average Bonchev–Trinajstić information content (AvgIpc) is 2.98. The van der Waals surface area contributed by atoms with Crippen LogP contribution in [0.1, 0.15) is 37.5 Å². The minimum atomic E-state index is -0.682. The van der Waals surface area contributed by atoms with E-state index in [4.69, 9.17) is 0 Å². The molecule has 1 heterocycles. The van der Waals surface area contributed by atoms with Gasteiger partial charge in [-0.3, -0.25) is 9.20 Å². The first-order valence-electron chi connectivity index (χ1n) is 8.21. The maximum atomic E-state index is 12.0. The van der Waals surface area contributed by atoms with E-state index in [1.165, 1.54) is 8.66 Å². The van der Waals surface area contributed by atoms with E-state index >= 15 is 0 Å². The van der Waals surface area contributed by atoms with E-state index in [9.17, 15) is 4.21 Å². The molecule has 1 aromatic rings. The molecule has 1 saturated carbocycles. The molecule has 1 aliphatic rings. The van der Waals surface area contributed by atoms with Crippen LogP contribution in [0.15, 0.2) is 20.9 Å². The number of thiophene rings is 1. The summed E-state index contributed by atoms with van der Waals surface area (Å²) in [5.41, 5.74) is 0. The molecular formula is C16H27BrIN3OS2. The van der Waals surface area contributed by atoms with Gasteiger partial charge in [-0.2, -0.15) is 0 Å². The standard InChI is InChI=1S/C16H26BrN3OS2.HI/c1-3-23(21)14-6-4-5-12(11-14)20-16(18-2)19-10-9-13-7-8-15(17)22-13;/h7-8,12,14H,3-6,9-11H2,1-2H3,(H2,18,19,20);1H. The van der Waals surface area contributed by atoms with Crippen LogP contribution in [0.2, 0.25) is 0 Å². The fourth-order valence-electron chi connectivity index (χ4n) is 2.93. The zero-order valence-electron chi connectivity index (χ0n) is 14.2. The van der Waals surface area contributed by atoms with E-state index < -0.39 is 10.8 Å². The lowest BCUT2D eigenvalue weighted by Crippen LogP contribution is -2.47. The van der Waals surface area contributed by atoms with Crippen molar-refractivity contribution >= 4 is 68.0 Å². The summed E-state index contributed by atoms with van der Waals surface area (Å²) in [4.78, 5) is 5.68. The highest BCUT2D eigenvalue weighted by molar-refractivity contribution is 14.0. The van der Waals surface area contributed by atoms with E-state index in [1.807, 2.05) is 14.0 Å². The van der Waals surface area contributed by atoms with Crippen LogP contribution in [0.5, 0.6) is 0 Å². The average molecular weight is 548 g/mol. The molecule has 3 atom stereocenters. The van der Waals surface area contributed by atoms with Gasteiger partial charge in [0.15, 0.2) is 5.96 Å². The molecule has 0 aliphatic heterocycles. The lowest BCUT2D eigenvalue weighted by Gasteiger charge is -2.30. The third kappa shape index (κ3) is 7.29. The summed E-state index contributed by atoms with van der Waals surface area (Å²) < 4.78 is 13.2. The van der Waals surface area contributed by atoms with Crippen LogP contribution in [-0.2, 0) is 17.2 Å². The van der Waals surface area contributed by atoms with Gasteiger partial charge in [-0.05, 0) is 53.7 Å². The van der Waals surface area contributed by atoms with Crippen molar-refractivity contribution in [3.8, 4) is 0 Å². The maximum Gasteiger partial charge on any atom is 0.191 e. The van der Waals surface area contributed by atoms with Gasteiger partial charge in [0.05, 0.1) is 3.79 Å². The molecular weight excluding hydrogens is 521 g/mol. The molecule has 2 rings (SSSR count). The molecule has 8 heteroatoms. The van der Waals surface area contributed by atoms with Gasteiger partial charge in [0, 0.05) is 46.3 Å². The van der Waals surface area contributed by atoms with Gasteiger partial charge < -0.3 is 10.6 Å². The quantitative estimate of drug-likeness (QED) is 0.322. The van der Waals surface area contributed by atoms with Crippen molar-refractivity contribution in [2.45, 2.75) is 50.3 Å². The summed E-state index contributed by atoms with van der Waals surface area (Å²) in [6.07, 6.45) is 5.35. The summed E-state index contributed by atoms with van der Waals surface area (Å²) in [6.45, 7) is 2.88. The second kappa shape index (κ2) is 11.9. The van der Waals surface area contributed by atoms with E-state index in [-0.39, 0.29) is 24.0 Å². The molecule has 0 aromatic carbocycles. The van der Waals surface area contributed by atoms with E-state index in [0.717, 1.165) is 50.4 Å². The van der Waals surface area contributed by atoms with Gasteiger partial charge in [0.25, 0.3) is 0 Å². The Balaban J connectivity index is 0.00000288. The summed E-state index contributed by atoms with van der Waals surface area (Å²) in [5.74, 6) is 1.62. The minimum Gasteiger partial charge on any atom is -0.356 e. The van der Waals surface area contributed by atoms with Crippen LogP contribution in [0.3, 0.4) is 0 Å². The second-order valence-corrected chi connectivity index (χ2v) is 10.3. The first-order chi connectivity index (χ1) is 11.1. The number of guanidine groups is 1. The van der Waals surface area contributed by atoms with Crippen molar-refractivity contribution in [1.82, 2.24) is 10.6 Å². The fourth-order valence-corrected chi connectivity index (χ4v) is 5.76. The van der Waals surface area contributed by atoms with Gasteiger partial charge in [0.1, 0.15) is 0 Å². The normalized spacial score (nSPS) is 22.5. The summed E-state index contributed by atoms with van der Waals surface area (Å²) >= 11 is 5.26. The van der Waals surface area contributed by atoms with Crippen LogP contribution in [0, 0.1) is 0 Å². The Bertz CT molecular complexity index is 553. The first-order valence-corrected chi connectivity index (χ1v) is 11.2. The van der Waals surface area contributed by atoms with Crippen LogP contribution in [0.4, 0.5) is 0 Å². The van der Waals surface area contributed by atoms with Crippen molar-refractivity contribution in [1.29, 1.82) is 0 Å². The summed E-state index contributed by atoms with van der Waals surface area (Å²) in [6, 6.07) is 4.62. The molecule has 0 amide bonds. The number of halogens is 2. The fraction of sp³-hybridized carbons (Fsp3) is 0.688. The Kier molecular flexibility index (Phi) is 11.0. The molecule has 2 N–H and O–H groups in total. The molecule has 0 bridgehead atoms. The topological polar surface area (TPSA) is 53.5 Å². The molecule has 1 aromatic heterocycles. The highest BCUT2D eigenvalue weighted by Crippen LogP contribution is 2.23. The van der Waals surface area contributed by atoms with Gasteiger partial charge >= 0.3 is 0 Å². The summed E-state index contributed by atoms with van der Waals surface area (Å²) in [5, 5.41) is 7.23. The van der Waals surface area contributed by atoms with Crippen molar-refractivity contribution < 1.29 is 4.21 Å². The zero-order chi connectivity index (χ0) is 16.7. The van der Waals surface area contributed by atoms with Crippen LogP contribution in [-0.4, -0.2) is 40.8 Å². The van der Waals surface area contributed by atoms with Gasteiger partial charge in [-0.1, -0.05) is 13.3 Å². The van der Waals surface area contributed by atoms with Crippen molar-refractivity contribution in [3.63, 3.8) is 0 Å². The Labute approximate surface area is 177 Å². The highest BCUT2D eigenvalue weighted by atomic mass is 127. The second-order valence-electron chi connectivity index (χ2n) is 5.75. The van der Waals surface area contributed by atoms with Gasteiger partial charge in [-0.25, -0.2) is 0 Å². The lowest BCUT2D eigenvalue weighted by atomic mass is 9.95. The number of hydrogen-bond donors (Lipinski definition) is 2. The molecule has 0 saturated heterocycles. The zero-order valence-corrected chi connectivity index (χ0v) is 19.8. The Morgan fingerprint density at radius 2 is 2.25 bits per heavy atom. The number of nitrogens with zero attached hydrogens (tertiary/aromatic N) is 1. The molecule has 0 spiro atoms. The number of nitrogens with one attached hydrogen (secondary N) is 2. The molecule has 0 radical (unpaired) electrons. The Morgan fingerprint density at radius 3 is 2.88 bits per heavy atom. The predicted molar refractivity (Wildman–Crippen MR) is 120 cm³/mol. The predicted octanol–water partition coefficient (Wildman–Crippen LogP) is 3.92. The monoisotopic (exact) mass is 547 g/mol. The molecule has 138 valence electrons. The Hall–Kier alpha value is 0.330. The maximum absolute atomic E-state index is 12.0. The van der Waals surface area contributed by atoms with E-state index in [2.05, 4.69) is 43.7 Å². The number of hydrogen-bond acceptors (Lipinski definition) is 3. The smallest absolute Gasteiger partial charge is 0.191 e. The van der Waals surface area contributed by atoms with Crippen molar-refractivity contribution in [3.05, 3.63) is 20.8 Å². The molecule has 24 heavy (non-hydrogen) atoms. The van der Waals surface area contributed by atoms with E-state index in [1.54, 1.807) is 11.3 Å². The van der Waals surface area contributed by atoms with Crippen molar-refractivity contribution in [2.24, 2.45) is 4.99 Å². The Morgan fingerprint density at radius 1 is 1.46 bits per heavy atom. The summed E-state index contributed by atoms with van der Waals surface area (Å²) in [7, 11) is 1.12. The van der Waals surface area contributed by atoms with Gasteiger partial charge in [-0.15, -0.1) is 35.3 Å².